The van der Waals surface area contributed by atoms with Crippen molar-refractivity contribution in [1.82, 2.24) is 0 Å². The summed E-state index contributed by atoms with van der Waals surface area (Å²) >= 11 is 0. The average molecular weight is 288 g/mol. The zero-order chi connectivity index (χ0) is 15.2. The van der Waals surface area contributed by atoms with Crippen LogP contribution in [-0.2, 0) is 10.4 Å². The van der Waals surface area contributed by atoms with E-state index in [1.165, 1.54) is 18.2 Å². The lowest BCUT2D eigenvalue weighted by Gasteiger charge is -2.25. The van der Waals surface area contributed by atoms with Crippen molar-refractivity contribution in [2.75, 3.05) is 0 Å². The molecule has 6 nitrogen and oxygen atoms in total. The van der Waals surface area contributed by atoms with Gasteiger partial charge in [0.05, 0.1) is 0 Å². The third kappa shape index (κ3) is 2.19. The van der Waals surface area contributed by atoms with Crippen LogP contribution in [0.1, 0.15) is 18.6 Å². The second-order valence-corrected chi connectivity index (χ2v) is 5.04. The largest absolute Gasteiger partial charge is 0.508 e. The molecule has 0 bridgehead atoms. The van der Waals surface area contributed by atoms with E-state index in [-0.39, 0.29) is 41.1 Å². The van der Waals surface area contributed by atoms with Crippen LogP contribution in [0.5, 0.6) is 11.5 Å². The predicted molar refractivity (Wildman–Crippen MR) is 73.1 cm³/mol. The number of fused-ring (bicyclic) bond motifs is 1. The minimum atomic E-state index is -1.55. The zero-order valence-electron chi connectivity index (χ0n) is 10.9. The van der Waals surface area contributed by atoms with Crippen molar-refractivity contribution in [2.24, 2.45) is 0 Å². The van der Waals surface area contributed by atoms with Gasteiger partial charge in [-0.15, -0.1) is 0 Å². The van der Waals surface area contributed by atoms with E-state index in [2.05, 4.69) is 0 Å². The third-order valence-electron chi connectivity index (χ3n) is 3.52. The van der Waals surface area contributed by atoms with E-state index in [0.717, 1.165) is 12.1 Å². The number of hydrogen-bond acceptors (Lipinski definition) is 6. The van der Waals surface area contributed by atoms with E-state index in [1.54, 1.807) is 0 Å². The Bertz CT molecular complexity index is 832. The van der Waals surface area contributed by atoms with Gasteiger partial charge in [-0.3, -0.25) is 9.59 Å². The molecule has 0 radical (unpaired) electrons. The molecule has 1 unspecified atom stereocenters. The van der Waals surface area contributed by atoms with Crippen LogP contribution >= 0.6 is 0 Å². The molecule has 3 N–H and O–H groups in total. The predicted octanol–water partition coefficient (Wildman–Crippen LogP) is 1.31. The maximum Gasteiger partial charge on any atom is 0.196 e. The summed E-state index contributed by atoms with van der Waals surface area (Å²) < 4.78 is 5.45. The molecule has 21 heavy (non-hydrogen) atoms. The van der Waals surface area contributed by atoms with Crippen molar-refractivity contribution in [3.05, 3.63) is 46.3 Å². The number of aliphatic hydroxyl groups is 1. The molecule has 0 aliphatic heterocycles. The van der Waals surface area contributed by atoms with Gasteiger partial charge >= 0.3 is 0 Å². The fourth-order valence-corrected chi connectivity index (χ4v) is 2.38. The Morgan fingerprint density at radius 3 is 2.57 bits per heavy atom. The maximum absolute atomic E-state index is 12.1. The Morgan fingerprint density at radius 1 is 1.14 bits per heavy atom. The lowest BCUT2D eigenvalue weighted by Crippen LogP contribution is -2.28. The highest BCUT2D eigenvalue weighted by Crippen LogP contribution is 2.34. The van der Waals surface area contributed by atoms with E-state index in [0.29, 0.717) is 0 Å². The van der Waals surface area contributed by atoms with E-state index in [1.807, 2.05) is 0 Å². The smallest absolute Gasteiger partial charge is 0.196 e. The Kier molecular flexibility index (Phi) is 2.84. The Hall–Kier alpha value is -2.60. The topological polar surface area (TPSA) is 108 Å². The van der Waals surface area contributed by atoms with Crippen molar-refractivity contribution in [1.29, 1.82) is 0 Å². The number of carbonyl (C=O) groups excluding carboxylic acids is 1. The van der Waals surface area contributed by atoms with Gasteiger partial charge in [-0.25, -0.2) is 0 Å². The number of carbonyl (C=O) groups is 1. The first-order valence-electron chi connectivity index (χ1n) is 6.34. The number of hydrogen-bond donors (Lipinski definition) is 3. The summed E-state index contributed by atoms with van der Waals surface area (Å²) in [6.45, 7) is 0. The fraction of sp³-hybridized carbons (Fsp3) is 0.200. The molecule has 6 heteroatoms. The summed E-state index contributed by atoms with van der Waals surface area (Å²) in [5.41, 5.74) is -2.13. The van der Waals surface area contributed by atoms with Gasteiger partial charge in [0, 0.05) is 24.6 Å². The Morgan fingerprint density at radius 2 is 1.90 bits per heavy atom. The molecule has 1 aliphatic rings. The highest BCUT2D eigenvalue weighted by Gasteiger charge is 2.33. The second-order valence-electron chi connectivity index (χ2n) is 5.04. The molecule has 0 amide bonds. The lowest BCUT2D eigenvalue weighted by molar-refractivity contribution is -0.116. The van der Waals surface area contributed by atoms with Crippen LogP contribution < -0.4 is 5.43 Å². The standard InChI is InChI=1S/C15H12O6/c16-8-1-3-15(20,4-2-8)13-7-11(19)14-10(18)5-9(17)6-12(14)21-13/h1,3,5-7,17-18,20H,2,4H2. The first kappa shape index (κ1) is 13.4. The number of phenolic OH excluding ortho intramolecular Hbond substituents is 2. The van der Waals surface area contributed by atoms with Crippen LogP contribution in [0.3, 0.4) is 0 Å². The quantitative estimate of drug-likeness (QED) is 0.730. The summed E-state index contributed by atoms with van der Waals surface area (Å²) in [5, 5.41) is 29.6. The van der Waals surface area contributed by atoms with E-state index >= 15 is 0 Å². The number of rotatable bonds is 1. The molecule has 0 saturated carbocycles. The molecule has 0 saturated heterocycles. The molecule has 1 atom stereocenters. The van der Waals surface area contributed by atoms with Crippen LogP contribution in [-0.4, -0.2) is 21.1 Å². The molecule has 1 heterocycles. The van der Waals surface area contributed by atoms with Gasteiger partial charge < -0.3 is 19.7 Å². The zero-order valence-corrected chi connectivity index (χ0v) is 10.9. The van der Waals surface area contributed by atoms with Crippen molar-refractivity contribution in [3.8, 4) is 11.5 Å². The first-order valence-corrected chi connectivity index (χ1v) is 6.34. The molecule has 1 aliphatic carbocycles. The highest BCUT2D eigenvalue weighted by molar-refractivity contribution is 5.91. The second kappa shape index (κ2) is 4.46. The SMILES string of the molecule is O=C1C=CC(O)(c2cc(=O)c3c(O)cc(O)cc3o2)CC1. The van der Waals surface area contributed by atoms with Crippen LogP contribution in [0.25, 0.3) is 11.0 Å². The van der Waals surface area contributed by atoms with E-state index in [9.17, 15) is 24.9 Å². The molecule has 1 aromatic carbocycles. The van der Waals surface area contributed by atoms with Gasteiger partial charge in [0.15, 0.2) is 11.2 Å². The van der Waals surface area contributed by atoms with E-state index in [4.69, 9.17) is 4.42 Å². The number of allylic oxidation sites excluding steroid dienone is 1. The molecule has 0 fully saturated rings. The highest BCUT2D eigenvalue weighted by atomic mass is 16.4. The van der Waals surface area contributed by atoms with Crippen LogP contribution in [0.2, 0.25) is 0 Å². The first-order chi connectivity index (χ1) is 9.89. The monoisotopic (exact) mass is 288 g/mol. The van der Waals surface area contributed by atoms with Crippen molar-refractivity contribution >= 4 is 16.8 Å². The summed E-state index contributed by atoms with van der Waals surface area (Å²) in [6, 6.07) is 3.30. The summed E-state index contributed by atoms with van der Waals surface area (Å²) in [6.07, 6.45) is 2.76. The molecule has 2 aromatic rings. The van der Waals surface area contributed by atoms with Gasteiger partial charge in [0.1, 0.15) is 33.8 Å². The van der Waals surface area contributed by atoms with Gasteiger partial charge in [-0.1, -0.05) is 0 Å². The molecule has 0 spiro atoms. The normalized spacial score (nSPS) is 21.9. The van der Waals surface area contributed by atoms with Gasteiger partial charge in [0.2, 0.25) is 0 Å². The minimum Gasteiger partial charge on any atom is -0.508 e. The van der Waals surface area contributed by atoms with Gasteiger partial charge in [0.25, 0.3) is 0 Å². The Labute approximate surface area is 118 Å². The van der Waals surface area contributed by atoms with Crippen molar-refractivity contribution in [3.63, 3.8) is 0 Å². The summed E-state index contributed by atoms with van der Waals surface area (Å²) in [5.74, 6) is -0.805. The van der Waals surface area contributed by atoms with Gasteiger partial charge in [-0.05, 0) is 18.6 Å². The van der Waals surface area contributed by atoms with Crippen LogP contribution in [0.4, 0.5) is 0 Å². The molecular weight excluding hydrogens is 276 g/mol. The third-order valence-corrected chi connectivity index (χ3v) is 3.52. The summed E-state index contributed by atoms with van der Waals surface area (Å²) in [7, 11) is 0. The summed E-state index contributed by atoms with van der Waals surface area (Å²) in [4.78, 5) is 23.3. The maximum atomic E-state index is 12.1. The number of aromatic hydroxyl groups is 2. The van der Waals surface area contributed by atoms with Crippen LogP contribution in [0.15, 0.2) is 39.6 Å². The Balaban J connectivity index is 2.24. The number of ketones is 1. The lowest BCUT2D eigenvalue weighted by atomic mass is 9.88. The number of benzene rings is 1. The minimum absolute atomic E-state index is 0.0336. The van der Waals surface area contributed by atoms with E-state index < -0.39 is 16.8 Å². The van der Waals surface area contributed by atoms with Crippen LogP contribution in [0, 0.1) is 0 Å². The molecule has 1 aromatic heterocycles. The average Bonchev–Trinajstić information content (AvgIpc) is 2.41. The molecular formula is C15H12O6. The molecule has 108 valence electrons. The van der Waals surface area contributed by atoms with Crippen molar-refractivity contribution in [2.45, 2.75) is 18.4 Å². The van der Waals surface area contributed by atoms with Gasteiger partial charge in [-0.2, -0.15) is 0 Å². The fourth-order valence-electron chi connectivity index (χ4n) is 2.38. The van der Waals surface area contributed by atoms with Crippen molar-refractivity contribution < 1.29 is 24.5 Å². The molecule has 3 rings (SSSR count). The number of phenols is 2.